The van der Waals surface area contributed by atoms with Crippen molar-refractivity contribution in [2.75, 3.05) is 13.3 Å². The van der Waals surface area contributed by atoms with Crippen LogP contribution in [0.15, 0.2) is 42.5 Å². The fourth-order valence-electron chi connectivity index (χ4n) is 4.36. The number of ether oxygens (including phenoxy) is 2. The third kappa shape index (κ3) is 2.72. The predicted octanol–water partition coefficient (Wildman–Crippen LogP) is 2.27. The minimum absolute atomic E-state index is 0.185. The summed E-state index contributed by atoms with van der Waals surface area (Å²) in [5.74, 6) is 1.89. The quantitative estimate of drug-likeness (QED) is 0.919. The van der Waals surface area contributed by atoms with E-state index in [-0.39, 0.29) is 18.7 Å². The number of benzene rings is 2. The number of nitrogens with one attached hydrogen (secondary N) is 1. The Labute approximate surface area is 152 Å². The zero-order valence-corrected chi connectivity index (χ0v) is 14.6. The summed E-state index contributed by atoms with van der Waals surface area (Å²) in [6.07, 6.45) is 2.53. The summed E-state index contributed by atoms with van der Waals surface area (Å²) in [6, 6.07) is 15.0. The predicted molar refractivity (Wildman–Crippen MR) is 97.2 cm³/mol. The molecule has 2 heterocycles. The molecule has 3 aliphatic rings. The smallest absolute Gasteiger partial charge is 0.231 e. The van der Waals surface area contributed by atoms with Gasteiger partial charge in [0.05, 0.1) is 0 Å². The molecule has 0 radical (unpaired) electrons. The van der Waals surface area contributed by atoms with Gasteiger partial charge < -0.3 is 19.7 Å². The normalized spacial score (nSPS) is 21.5. The third-order valence-corrected chi connectivity index (χ3v) is 5.69. The van der Waals surface area contributed by atoms with Gasteiger partial charge in [-0.25, -0.2) is 0 Å². The fraction of sp³-hybridized carbons (Fsp3) is 0.381. The molecule has 1 aliphatic carbocycles. The first-order valence-electron chi connectivity index (χ1n) is 9.25. The first-order chi connectivity index (χ1) is 12.8. The van der Waals surface area contributed by atoms with Crippen LogP contribution in [0.3, 0.4) is 0 Å². The molecule has 5 rings (SSSR count). The molecule has 2 aliphatic heterocycles. The lowest BCUT2D eigenvalue weighted by atomic mass is 10.1. The number of nitrogens with zero attached hydrogens (tertiary/aromatic N) is 1. The number of hydrogen-bond acceptors (Lipinski definition) is 4. The van der Waals surface area contributed by atoms with E-state index in [1.54, 1.807) is 0 Å². The van der Waals surface area contributed by atoms with E-state index in [1.807, 2.05) is 18.2 Å². The van der Waals surface area contributed by atoms with Crippen LogP contribution in [0.4, 0.5) is 0 Å². The van der Waals surface area contributed by atoms with Gasteiger partial charge in [0.15, 0.2) is 11.5 Å². The van der Waals surface area contributed by atoms with Gasteiger partial charge >= 0.3 is 0 Å². The highest BCUT2D eigenvalue weighted by Gasteiger charge is 2.36. The highest BCUT2D eigenvalue weighted by atomic mass is 16.7. The van der Waals surface area contributed by atoms with Gasteiger partial charge in [0.1, 0.15) is 0 Å². The van der Waals surface area contributed by atoms with Crippen molar-refractivity contribution in [3.8, 4) is 11.5 Å². The van der Waals surface area contributed by atoms with Crippen molar-refractivity contribution in [1.82, 2.24) is 10.2 Å². The minimum Gasteiger partial charge on any atom is -0.454 e. The number of hydrogen-bond donors (Lipinski definition) is 1. The van der Waals surface area contributed by atoms with Crippen molar-refractivity contribution in [2.45, 2.75) is 37.9 Å². The van der Waals surface area contributed by atoms with E-state index in [4.69, 9.17) is 9.47 Å². The number of amides is 1. The minimum atomic E-state index is 0.185. The number of carbonyl (C=O) groups excluding carboxylic acids is 1. The van der Waals surface area contributed by atoms with Gasteiger partial charge in [0.25, 0.3) is 0 Å². The summed E-state index contributed by atoms with van der Waals surface area (Å²) in [4.78, 5) is 14.6. The van der Waals surface area contributed by atoms with Crippen LogP contribution in [0.5, 0.6) is 11.5 Å². The van der Waals surface area contributed by atoms with Crippen LogP contribution in [0.1, 0.15) is 23.1 Å². The SMILES string of the molecule is O=C1CC(NCc2cccc3c2OCO3)CN1C1Cc2ccccc2C1. The van der Waals surface area contributed by atoms with Gasteiger partial charge in [-0.15, -0.1) is 0 Å². The van der Waals surface area contributed by atoms with E-state index in [2.05, 4.69) is 34.5 Å². The Kier molecular flexibility index (Phi) is 3.82. The van der Waals surface area contributed by atoms with Crippen molar-refractivity contribution in [1.29, 1.82) is 0 Å². The van der Waals surface area contributed by atoms with E-state index in [9.17, 15) is 4.79 Å². The summed E-state index contributed by atoms with van der Waals surface area (Å²) < 4.78 is 11.0. The molecule has 1 amide bonds. The molecule has 26 heavy (non-hydrogen) atoms. The first-order valence-corrected chi connectivity index (χ1v) is 9.25. The molecular weight excluding hydrogens is 328 g/mol. The van der Waals surface area contributed by atoms with Crippen molar-refractivity contribution in [3.63, 3.8) is 0 Å². The lowest BCUT2D eigenvalue weighted by Gasteiger charge is -2.24. The van der Waals surface area contributed by atoms with Crippen molar-refractivity contribution in [2.24, 2.45) is 0 Å². The standard InChI is InChI=1S/C21H22N2O3/c24-20-10-17(22-11-16-6-3-7-19-21(16)26-13-25-19)12-23(20)18-8-14-4-1-2-5-15(14)9-18/h1-7,17-18,22H,8-13H2. The Bertz CT molecular complexity index is 826. The molecule has 1 atom stereocenters. The second-order valence-corrected chi connectivity index (χ2v) is 7.31. The van der Waals surface area contributed by atoms with E-state index in [1.165, 1.54) is 11.1 Å². The molecule has 1 N–H and O–H groups in total. The summed E-state index contributed by atoms with van der Waals surface area (Å²) in [7, 11) is 0. The van der Waals surface area contributed by atoms with Crippen LogP contribution < -0.4 is 14.8 Å². The number of carbonyl (C=O) groups is 1. The topological polar surface area (TPSA) is 50.8 Å². The van der Waals surface area contributed by atoms with Crippen molar-refractivity contribution in [3.05, 3.63) is 59.2 Å². The van der Waals surface area contributed by atoms with Gasteiger partial charge in [0.2, 0.25) is 12.7 Å². The molecule has 0 spiro atoms. The van der Waals surface area contributed by atoms with E-state index >= 15 is 0 Å². The molecule has 2 aromatic carbocycles. The lowest BCUT2D eigenvalue weighted by molar-refractivity contribution is -0.129. The zero-order valence-electron chi connectivity index (χ0n) is 14.6. The van der Waals surface area contributed by atoms with E-state index < -0.39 is 0 Å². The second-order valence-electron chi connectivity index (χ2n) is 7.31. The van der Waals surface area contributed by atoms with Crippen LogP contribution in [0.2, 0.25) is 0 Å². The van der Waals surface area contributed by atoms with Crippen LogP contribution >= 0.6 is 0 Å². The molecule has 1 unspecified atom stereocenters. The van der Waals surface area contributed by atoms with Crippen molar-refractivity contribution < 1.29 is 14.3 Å². The average molecular weight is 350 g/mol. The molecule has 1 fully saturated rings. The summed E-state index contributed by atoms with van der Waals surface area (Å²) >= 11 is 0. The summed E-state index contributed by atoms with van der Waals surface area (Å²) in [6.45, 7) is 1.75. The van der Waals surface area contributed by atoms with Crippen molar-refractivity contribution >= 4 is 5.91 Å². The summed E-state index contributed by atoms with van der Waals surface area (Å²) in [5.41, 5.74) is 3.86. The Hall–Kier alpha value is -2.53. The highest BCUT2D eigenvalue weighted by Crippen LogP contribution is 2.35. The van der Waals surface area contributed by atoms with Gasteiger partial charge in [-0.1, -0.05) is 36.4 Å². The second kappa shape index (κ2) is 6.32. The highest BCUT2D eigenvalue weighted by molar-refractivity contribution is 5.80. The molecule has 0 bridgehead atoms. The third-order valence-electron chi connectivity index (χ3n) is 5.69. The van der Waals surface area contributed by atoms with E-state index in [0.29, 0.717) is 19.0 Å². The maximum atomic E-state index is 12.6. The lowest BCUT2D eigenvalue weighted by Crippen LogP contribution is -2.39. The maximum absolute atomic E-state index is 12.6. The molecule has 0 saturated carbocycles. The van der Waals surface area contributed by atoms with Gasteiger partial charge in [-0.2, -0.15) is 0 Å². The van der Waals surface area contributed by atoms with Gasteiger partial charge in [-0.05, 0) is 30.0 Å². The Morgan fingerprint density at radius 3 is 2.62 bits per heavy atom. The average Bonchev–Trinajstić information content (AvgIpc) is 3.37. The monoisotopic (exact) mass is 350 g/mol. The number of para-hydroxylation sites is 1. The molecule has 5 heteroatoms. The van der Waals surface area contributed by atoms with Gasteiger partial charge in [0, 0.05) is 37.2 Å². The molecule has 2 aromatic rings. The largest absolute Gasteiger partial charge is 0.454 e. The number of likely N-dealkylation sites (tertiary alicyclic amines) is 1. The van der Waals surface area contributed by atoms with Crippen LogP contribution in [-0.2, 0) is 24.2 Å². The first kappa shape index (κ1) is 15.7. The van der Waals surface area contributed by atoms with Crippen LogP contribution in [0, 0.1) is 0 Å². The van der Waals surface area contributed by atoms with Crippen LogP contribution in [-0.4, -0.2) is 36.2 Å². The number of fused-ring (bicyclic) bond motifs is 2. The van der Waals surface area contributed by atoms with Crippen LogP contribution in [0.25, 0.3) is 0 Å². The summed E-state index contributed by atoms with van der Waals surface area (Å²) in [5, 5.41) is 3.53. The molecule has 5 nitrogen and oxygen atoms in total. The Morgan fingerprint density at radius 1 is 1.00 bits per heavy atom. The maximum Gasteiger partial charge on any atom is 0.231 e. The molecule has 134 valence electrons. The molecular formula is C21H22N2O3. The Morgan fingerprint density at radius 2 is 1.81 bits per heavy atom. The fourth-order valence-corrected chi connectivity index (χ4v) is 4.36. The zero-order chi connectivity index (χ0) is 17.5. The van der Waals surface area contributed by atoms with E-state index in [0.717, 1.165) is 36.4 Å². The molecule has 1 saturated heterocycles. The molecule has 0 aromatic heterocycles. The Balaban J connectivity index is 1.22. The van der Waals surface area contributed by atoms with Gasteiger partial charge in [-0.3, -0.25) is 4.79 Å². The number of rotatable bonds is 4.